The molecule has 0 atom stereocenters. The largest absolute Gasteiger partial charge is 0.495 e. The molecular weight excluding hydrogens is 126 g/mol. The summed E-state index contributed by atoms with van der Waals surface area (Å²) in [6, 6.07) is 1.97. The summed E-state index contributed by atoms with van der Waals surface area (Å²) in [7, 11) is 1.66. The van der Waals surface area contributed by atoms with Crippen LogP contribution in [0.5, 0.6) is 5.75 Å². The van der Waals surface area contributed by atoms with Gasteiger partial charge in [0.1, 0.15) is 5.75 Å². The average Bonchev–Trinajstić information content (AvgIpc) is 1.94. The van der Waals surface area contributed by atoms with Gasteiger partial charge in [-0.05, 0) is 25.5 Å². The Kier molecular flexibility index (Phi) is 1.90. The van der Waals surface area contributed by atoms with Gasteiger partial charge >= 0.3 is 0 Å². The lowest BCUT2D eigenvalue weighted by Gasteiger charge is -2.02. The Morgan fingerprint density at radius 1 is 1.40 bits per heavy atom. The number of hydrogen-bond acceptors (Lipinski definition) is 2. The summed E-state index contributed by atoms with van der Waals surface area (Å²) in [5.41, 5.74) is 2.07. The number of aryl methyl sites for hydroxylation is 2. The molecule has 1 rings (SSSR count). The standard InChI is InChI=1S/C8H11NO/c1-6-4-8(10-3)7(2)9-5-6/h4-5H,1-3H3. The summed E-state index contributed by atoms with van der Waals surface area (Å²) in [5.74, 6) is 0.861. The smallest absolute Gasteiger partial charge is 0.140 e. The van der Waals surface area contributed by atoms with Crippen molar-refractivity contribution in [1.82, 2.24) is 4.98 Å². The van der Waals surface area contributed by atoms with Crippen LogP contribution in [0.3, 0.4) is 0 Å². The van der Waals surface area contributed by atoms with Gasteiger partial charge in [0.15, 0.2) is 0 Å². The van der Waals surface area contributed by atoms with E-state index in [1.807, 2.05) is 26.1 Å². The number of hydrogen-bond donors (Lipinski definition) is 0. The van der Waals surface area contributed by atoms with E-state index < -0.39 is 0 Å². The van der Waals surface area contributed by atoms with Crippen LogP contribution in [0.4, 0.5) is 0 Å². The molecule has 54 valence electrons. The molecule has 0 bridgehead atoms. The first kappa shape index (κ1) is 7.06. The van der Waals surface area contributed by atoms with Crippen LogP contribution in [0.25, 0.3) is 0 Å². The molecular formula is C8H11NO. The van der Waals surface area contributed by atoms with E-state index in [9.17, 15) is 0 Å². The maximum absolute atomic E-state index is 5.06. The van der Waals surface area contributed by atoms with Gasteiger partial charge in [0.25, 0.3) is 0 Å². The van der Waals surface area contributed by atoms with E-state index in [1.165, 1.54) is 0 Å². The maximum atomic E-state index is 5.06. The van der Waals surface area contributed by atoms with Crippen molar-refractivity contribution >= 4 is 0 Å². The molecule has 0 spiro atoms. The fourth-order valence-electron chi connectivity index (χ4n) is 0.817. The summed E-state index contributed by atoms with van der Waals surface area (Å²) in [5, 5.41) is 0. The molecule has 2 nitrogen and oxygen atoms in total. The third-order valence-electron chi connectivity index (χ3n) is 1.40. The van der Waals surface area contributed by atoms with Crippen molar-refractivity contribution in [2.24, 2.45) is 0 Å². The molecule has 0 aliphatic heterocycles. The van der Waals surface area contributed by atoms with Gasteiger partial charge in [-0.25, -0.2) is 0 Å². The SMILES string of the molecule is COc1cc(C)cnc1C. The summed E-state index contributed by atoms with van der Waals surface area (Å²) >= 11 is 0. The van der Waals surface area contributed by atoms with Crippen LogP contribution < -0.4 is 4.74 Å². The average molecular weight is 137 g/mol. The minimum Gasteiger partial charge on any atom is -0.495 e. The highest BCUT2D eigenvalue weighted by Gasteiger charge is 1.96. The molecule has 2 heteroatoms. The van der Waals surface area contributed by atoms with Crippen LogP contribution in [0.15, 0.2) is 12.3 Å². The molecule has 0 saturated heterocycles. The topological polar surface area (TPSA) is 22.1 Å². The Morgan fingerprint density at radius 2 is 2.10 bits per heavy atom. The minimum absolute atomic E-state index is 0.861. The zero-order chi connectivity index (χ0) is 7.56. The molecule has 0 amide bonds. The van der Waals surface area contributed by atoms with Gasteiger partial charge in [-0.2, -0.15) is 0 Å². The van der Waals surface area contributed by atoms with Gasteiger partial charge in [-0.3, -0.25) is 4.98 Å². The second-order valence-corrected chi connectivity index (χ2v) is 2.30. The predicted molar refractivity (Wildman–Crippen MR) is 40.3 cm³/mol. The van der Waals surface area contributed by atoms with Crippen LogP contribution in [0.1, 0.15) is 11.3 Å². The molecule has 10 heavy (non-hydrogen) atoms. The molecule has 1 aromatic rings. The number of aromatic nitrogens is 1. The first-order valence-electron chi connectivity index (χ1n) is 3.21. The van der Waals surface area contributed by atoms with Crippen LogP contribution in [0.2, 0.25) is 0 Å². The van der Waals surface area contributed by atoms with Crippen molar-refractivity contribution < 1.29 is 4.74 Å². The molecule has 0 radical (unpaired) electrons. The van der Waals surface area contributed by atoms with Crippen molar-refractivity contribution in [2.75, 3.05) is 7.11 Å². The third kappa shape index (κ3) is 1.26. The third-order valence-corrected chi connectivity index (χ3v) is 1.40. The summed E-state index contributed by atoms with van der Waals surface area (Å²) < 4.78 is 5.06. The minimum atomic E-state index is 0.861. The van der Waals surface area contributed by atoms with Crippen LogP contribution in [-0.4, -0.2) is 12.1 Å². The first-order valence-corrected chi connectivity index (χ1v) is 3.21. The summed E-state index contributed by atoms with van der Waals surface area (Å²) in [6.07, 6.45) is 1.83. The van der Waals surface area contributed by atoms with Crippen molar-refractivity contribution in [3.8, 4) is 5.75 Å². The highest BCUT2D eigenvalue weighted by atomic mass is 16.5. The first-order chi connectivity index (χ1) is 4.74. The second-order valence-electron chi connectivity index (χ2n) is 2.30. The normalized spacial score (nSPS) is 9.50. The Bertz CT molecular complexity index is 233. The van der Waals surface area contributed by atoms with Gasteiger partial charge < -0.3 is 4.74 Å². The molecule has 0 aromatic carbocycles. The molecule has 0 fully saturated rings. The Morgan fingerprint density at radius 3 is 2.60 bits per heavy atom. The van der Waals surface area contributed by atoms with E-state index in [4.69, 9.17) is 4.74 Å². The number of ether oxygens (including phenoxy) is 1. The molecule has 1 heterocycles. The quantitative estimate of drug-likeness (QED) is 0.587. The molecule has 0 unspecified atom stereocenters. The van der Waals surface area contributed by atoms with Gasteiger partial charge in [0.05, 0.1) is 12.8 Å². The van der Waals surface area contributed by atoms with E-state index in [1.54, 1.807) is 7.11 Å². The lowest BCUT2D eigenvalue weighted by molar-refractivity contribution is 0.409. The fourth-order valence-corrected chi connectivity index (χ4v) is 0.817. The summed E-state index contributed by atoms with van der Waals surface area (Å²) in [6.45, 7) is 3.92. The van der Waals surface area contributed by atoms with Crippen molar-refractivity contribution in [2.45, 2.75) is 13.8 Å². The Balaban J connectivity index is 3.09. The summed E-state index contributed by atoms with van der Waals surface area (Å²) in [4.78, 5) is 4.12. The molecule has 1 aromatic heterocycles. The van der Waals surface area contributed by atoms with Gasteiger partial charge in [0.2, 0.25) is 0 Å². The monoisotopic (exact) mass is 137 g/mol. The van der Waals surface area contributed by atoms with Crippen molar-refractivity contribution in [3.05, 3.63) is 23.5 Å². The predicted octanol–water partition coefficient (Wildman–Crippen LogP) is 1.71. The van der Waals surface area contributed by atoms with E-state index in [-0.39, 0.29) is 0 Å². The van der Waals surface area contributed by atoms with Gasteiger partial charge in [0, 0.05) is 6.20 Å². The lowest BCUT2D eigenvalue weighted by atomic mass is 10.2. The van der Waals surface area contributed by atoms with E-state index >= 15 is 0 Å². The van der Waals surface area contributed by atoms with Crippen molar-refractivity contribution in [1.29, 1.82) is 0 Å². The highest BCUT2D eigenvalue weighted by Crippen LogP contribution is 2.14. The van der Waals surface area contributed by atoms with Crippen LogP contribution in [-0.2, 0) is 0 Å². The Hall–Kier alpha value is -1.05. The number of pyridine rings is 1. The Labute approximate surface area is 60.9 Å². The molecule has 0 N–H and O–H groups in total. The molecule has 0 aliphatic carbocycles. The maximum Gasteiger partial charge on any atom is 0.140 e. The lowest BCUT2D eigenvalue weighted by Crippen LogP contribution is -1.90. The van der Waals surface area contributed by atoms with Crippen molar-refractivity contribution in [3.63, 3.8) is 0 Å². The van der Waals surface area contributed by atoms with E-state index in [0.29, 0.717) is 0 Å². The number of rotatable bonds is 1. The fraction of sp³-hybridized carbons (Fsp3) is 0.375. The zero-order valence-corrected chi connectivity index (χ0v) is 6.51. The zero-order valence-electron chi connectivity index (χ0n) is 6.51. The van der Waals surface area contributed by atoms with Crippen LogP contribution >= 0.6 is 0 Å². The van der Waals surface area contributed by atoms with Gasteiger partial charge in [-0.1, -0.05) is 0 Å². The van der Waals surface area contributed by atoms with E-state index in [0.717, 1.165) is 17.0 Å². The van der Waals surface area contributed by atoms with Gasteiger partial charge in [-0.15, -0.1) is 0 Å². The number of methoxy groups -OCH3 is 1. The molecule has 0 saturated carbocycles. The molecule has 0 aliphatic rings. The highest BCUT2D eigenvalue weighted by molar-refractivity contribution is 5.29. The van der Waals surface area contributed by atoms with Crippen LogP contribution in [0, 0.1) is 13.8 Å². The second kappa shape index (κ2) is 2.69. The van der Waals surface area contributed by atoms with E-state index in [2.05, 4.69) is 4.98 Å². The number of nitrogens with zero attached hydrogens (tertiary/aromatic N) is 1.